The third kappa shape index (κ3) is 3.50. The lowest BCUT2D eigenvalue weighted by Gasteiger charge is -2.24. The smallest absolute Gasteiger partial charge is 0.233 e. The van der Waals surface area contributed by atoms with Crippen LogP contribution in [-0.4, -0.2) is 39.6 Å². The van der Waals surface area contributed by atoms with E-state index in [0.717, 1.165) is 16.8 Å². The van der Waals surface area contributed by atoms with E-state index in [1.807, 2.05) is 31.2 Å². The summed E-state index contributed by atoms with van der Waals surface area (Å²) in [5.41, 5.74) is 2.70. The maximum absolute atomic E-state index is 12.5. The number of benzene rings is 1. The monoisotopic (exact) mass is 389 g/mol. The molecule has 146 valence electrons. The molecule has 0 fully saturated rings. The molecule has 1 aliphatic rings. The number of nitrogens with zero attached hydrogens (tertiary/aromatic N) is 4. The van der Waals surface area contributed by atoms with Gasteiger partial charge >= 0.3 is 0 Å². The topological polar surface area (TPSA) is 91.2 Å². The molecule has 0 aliphatic carbocycles. The van der Waals surface area contributed by atoms with Crippen LogP contribution in [0, 0.1) is 19.3 Å². The summed E-state index contributed by atoms with van der Waals surface area (Å²) in [6.07, 6.45) is 5.59. The van der Waals surface area contributed by atoms with E-state index in [2.05, 4.69) is 26.5 Å². The highest BCUT2D eigenvalue weighted by atomic mass is 16.5. The minimum Gasteiger partial charge on any atom is -0.481 e. The van der Waals surface area contributed by atoms with Crippen LogP contribution in [0.4, 0.5) is 5.82 Å². The molecular formula is C21H19N5O3. The number of anilines is 1. The lowest BCUT2D eigenvalue weighted by molar-refractivity contribution is -0.116. The average molecular weight is 389 g/mol. The molecular weight excluding hydrogens is 370 g/mol. The van der Waals surface area contributed by atoms with Crippen LogP contribution in [0.15, 0.2) is 36.4 Å². The molecule has 0 radical (unpaired) electrons. The van der Waals surface area contributed by atoms with Crippen molar-refractivity contribution in [3.63, 3.8) is 0 Å². The molecule has 1 atom stereocenters. The Balaban J connectivity index is 1.77. The molecule has 29 heavy (non-hydrogen) atoms. The van der Waals surface area contributed by atoms with E-state index < -0.39 is 0 Å². The van der Waals surface area contributed by atoms with Crippen LogP contribution < -0.4 is 14.8 Å². The molecule has 4 rings (SSSR count). The van der Waals surface area contributed by atoms with E-state index in [9.17, 15) is 4.79 Å². The maximum atomic E-state index is 12.5. The fourth-order valence-corrected chi connectivity index (χ4v) is 3.48. The van der Waals surface area contributed by atoms with Gasteiger partial charge < -0.3 is 14.8 Å². The summed E-state index contributed by atoms with van der Waals surface area (Å²) in [5.74, 6) is 4.35. The number of ether oxygens (including phenoxy) is 2. The van der Waals surface area contributed by atoms with Gasteiger partial charge in [-0.2, -0.15) is 9.78 Å². The van der Waals surface area contributed by atoms with Gasteiger partial charge in [0, 0.05) is 24.0 Å². The molecule has 1 N–H and O–H groups in total. The summed E-state index contributed by atoms with van der Waals surface area (Å²) in [5, 5.41) is 15.7. The van der Waals surface area contributed by atoms with Gasteiger partial charge in [0.05, 0.1) is 12.8 Å². The van der Waals surface area contributed by atoms with Gasteiger partial charge in [-0.25, -0.2) is 0 Å². The molecule has 1 aromatic carbocycles. The molecule has 0 saturated carbocycles. The van der Waals surface area contributed by atoms with Crippen molar-refractivity contribution >= 4 is 11.7 Å². The average Bonchev–Trinajstić information content (AvgIpc) is 3.08. The largest absolute Gasteiger partial charge is 0.481 e. The molecule has 0 spiro atoms. The Labute approximate surface area is 167 Å². The molecule has 0 bridgehead atoms. The minimum atomic E-state index is -0.159. The second kappa shape index (κ2) is 7.64. The first-order chi connectivity index (χ1) is 14.1. The quantitative estimate of drug-likeness (QED) is 0.674. The number of aromatic nitrogens is 4. The highest BCUT2D eigenvalue weighted by Crippen LogP contribution is 2.40. The van der Waals surface area contributed by atoms with E-state index in [1.54, 1.807) is 16.8 Å². The van der Waals surface area contributed by atoms with E-state index in [4.69, 9.17) is 15.9 Å². The Hall–Kier alpha value is -3.86. The number of fused-ring (bicyclic) bond motifs is 1. The Morgan fingerprint density at radius 2 is 2.17 bits per heavy atom. The Morgan fingerprint density at radius 1 is 1.31 bits per heavy atom. The maximum Gasteiger partial charge on any atom is 0.233 e. The SMILES string of the molecule is C#CCOc1cccc(C2CC(=O)Nc3c2c(C)nn3-c2ccc(OC)nn2)c1. The van der Waals surface area contributed by atoms with Crippen LogP contribution in [0.5, 0.6) is 11.6 Å². The number of carbonyl (C=O) groups excluding carboxylic acids is 1. The second-order valence-corrected chi connectivity index (χ2v) is 6.56. The summed E-state index contributed by atoms with van der Waals surface area (Å²) in [6.45, 7) is 2.10. The van der Waals surface area contributed by atoms with Crippen LogP contribution >= 0.6 is 0 Å². The number of rotatable bonds is 5. The van der Waals surface area contributed by atoms with Crippen molar-refractivity contribution in [2.24, 2.45) is 0 Å². The van der Waals surface area contributed by atoms with Crippen LogP contribution in [0.2, 0.25) is 0 Å². The van der Waals surface area contributed by atoms with Crippen LogP contribution in [0.1, 0.15) is 29.2 Å². The van der Waals surface area contributed by atoms with Crippen molar-refractivity contribution in [1.82, 2.24) is 20.0 Å². The molecule has 2 aromatic heterocycles. The lowest BCUT2D eigenvalue weighted by Crippen LogP contribution is -2.25. The first-order valence-electron chi connectivity index (χ1n) is 9.04. The first kappa shape index (κ1) is 18.5. The highest BCUT2D eigenvalue weighted by molar-refractivity contribution is 5.95. The Kier molecular flexibility index (Phi) is 4.87. The van der Waals surface area contributed by atoms with Crippen molar-refractivity contribution < 1.29 is 14.3 Å². The van der Waals surface area contributed by atoms with Gasteiger partial charge in [0.15, 0.2) is 5.82 Å². The lowest BCUT2D eigenvalue weighted by atomic mass is 9.86. The zero-order chi connectivity index (χ0) is 20.4. The molecule has 3 aromatic rings. The minimum absolute atomic E-state index is 0.0972. The number of nitrogens with one attached hydrogen (secondary N) is 1. The van der Waals surface area contributed by atoms with Crippen molar-refractivity contribution in [1.29, 1.82) is 0 Å². The Bertz CT molecular complexity index is 1100. The molecule has 1 unspecified atom stereocenters. The van der Waals surface area contributed by atoms with E-state index in [1.165, 1.54) is 7.11 Å². The second-order valence-electron chi connectivity index (χ2n) is 6.56. The van der Waals surface area contributed by atoms with Crippen molar-refractivity contribution in [3.05, 3.63) is 53.2 Å². The van der Waals surface area contributed by atoms with E-state index >= 15 is 0 Å². The Morgan fingerprint density at radius 3 is 2.90 bits per heavy atom. The van der Waals surface area contributed by atoms with Gasteiger partial charge in [-0.3, -0.25) is 4.79 Å². The molecule has 3 heterocycles. The fraction of sp³-hybridized carbons (Fsp3) is 0.238. The van der Waals surface area contributed by atoms with Crippen molar-refractivity contribution in [2.75, 3.05) is 19.0 Å². The zero-order valence-corrected chi connectivity index (χ0v) is 16.0. The number of amides is 1. The molecule has 8 heteroatoms. The number of hydrogen-bond donors (Lipinski definition) is 1. The standard InChI is InChI=1S/C21H19N5O3/c1-4-10-29-15-7-5-6-14(11-15)16-12-18(27)22-21-20(16)13(2)25-26(21)17-8-9-19(28-3)24-23-17/h1,5-9,11,16H,10,12H2,2-3H3,(H,22,27). The van der Waals surface area contributed by atoms with E-state index in [0.29, 0.717) is 29.7 Å². The van der Waals surface area contributed by atoms with Gasteiger partial charge in [-0.05, 0) is 30.7 Å². The van der Waals surface area contributed by atoms with Crippen LogP contribution in [0.25, 0.3) is 5.82 Å². The van der Waals surface area contributed by atoms with E-state index in [-0.39, 0.29) is 18.4 Å². The summed E-state index contributed by atoms with van der Waals surface area (Å²) in [6, 6.07) is 11.0. The number of aryl methyl sites for hydroxylation is 1. The van der Waals surface area contributed by atoms with Gasteiger partial charge in [0.1, 0.15) is 18.2 Å². The predicted octanol–water partition coefficient (Wildman–Crippen LogP) is 2.47. The molecule has 1 aliphatic heterocycles. The summed E-state index contributed by atoms with van der Waals surface area (Å²) in [7, 11) is 1.52. The molecule has 0 saturated heterocycles. The van der Waals surface area contributed by atoms with Crippen molar-refractivity contribution in [3.8, 4) is 29.8 Å². The zero-order valence-electron chi connectivity index (χ0n) is 16.0. The normalized spacial score (nSPS) is 15.2. The number of methoxy groups -OCH3 is 1. The van der Waals surface area contributed by atoms with Gasteiger partial charge in [0.2, 0.25) is 11.8 Å². The van der Waals surface area contributed by atoms with Gasteiger partial charge in [-0.1, -0.05) is 18.1 Å². The third-order valence-corrected chi connectivity index (χ3v) is 4.74. The fourth-order valence-electron chi connectivity index (χ4n) is 3.48. The third-order valence-electron chi connectivity index (χ3n) is 4.74. The van der Waals surface area contributed by atoms with Crippen LogP contribution in [-0.2, 0) is 4.79 Å². The predicted molar refractivity (Wildman–Crippen MR) is 106 cm³/mol. The number of carbonyl (C=O) groups is 1. The summed E-state index contributed by atoms with van der Waals surface area (Å²) in [4.78, 5) is 12.5. The summed E-state index contributed by atoms with van der Waals surface area (Å²) < 4.78 is 12.2. The highest BCUT2D eigenvalue weighted by Gasteiger charge is 2.33. The van der Waals surface area contributed by atoms with Gasteiger partial charge in [-0.15, -0.1) is 16.6 Å². The first-order valence-corrected chi connectivity index (χ1v) is 9.04. The van der Waals surface area contributed by atoms with Crippen LogP contribution in [0.3, 0.4) is 0 Å². The number of hydrogen-bond acceptors (Lipinski definition) is 6. The molecule has 8 nitrogen and oxygen atoms in total. The van der Waals surface area contributed by atoms with Gasteiger partial charge in [0.25, 0.3) is 0 Å². The summed E-state index contributed by atoms with van der Waals surface area (Å²) >= 11 is 0. The number of terminal acetylenes is 1. The molecule has 1 amide bonds. The van der Waals surface area contributed by atoms with Crippen molar-refractivity contribution in [2.45, 2.75) is 19.3 Å².